The largest absolute Gasteiger partial charge is 0.744 e. The molecule has 1 unspecified atom stereocenters. The zero-order chi connectivity index (χ0) is 23.6. The summed E-state index contributed by atoms with van der Waals surface area (Å²) < 4.78 is 32.5. The fourth-order valence-corrected chi connectivity index (χ4v) is 4.40. The molecule has 0 heterocycles. The fraction of sp³-hybridized carbons (Fsp3) is 0.760. The van der Waals surface area contributed by atoms with Crippen LogP contribution in [0.1, 0.15) is 90.0 Å². The molecule has 0 spiro atoms. The van der Waals surface area contributed by atoms with Gasteiger partial charge in [0.1, 0.15) is 10.1 Å². The Labute approximate surface area is 201 Å². The standard InChI is InChI=1S/C18H39BrN.C7H8O3S/c1-4-6-8-10-11-13-17-20(3,18-14-15-19)16-12-9-7-5-2;1-6-2-4-7(5-3-6)11(8,9)10/h4-18H2,1-3H3;2-5H,1H3,(H,8,9,10)/q+1;/p-1. The van der Waals surface area contributed by atoms with Crippen LogP contribution in [0.2, 0.25) is 0 Å². The molecule has 0 fully saturated rings. The number of alkyl halides is 1. The Bertz CT molecular complexity index is 649. The third kappa shape index (κ3) is 16.8. The minimum Gasteiger partial charge on any atom is -0.744 e. The second-order valence-corrected chi connectivity index (χ2v) is 11.1. The number of aryl methyl sites for hydroxylation is 1. The third-order valence-electron chi connectivity index (χ3n) is 5.74. The normalized spacial score (nSPS) is 13.4. The summed E-state index contributed by atoms with van der Waals surface area (Å²) in [7, 11) is -1.78. The zero-order valence-electron chi connectivity index (χ0n) is 20.4. The molecule has 0 aliphatic carbocycles. The van der Waals surface area contributed by atoms with Crippen molar-refractivity contribution in [3.63, 3.8) is 0 Å². The number of nitrogens with zero attached hydrogens (tertiary/aromatic N) is 1. The summed E-state index contributed by atoms with van der Waals surface area (Å²) in [5.41, 5.74) is 0.928. The lowest BCUT2D eigenvalue weighted by Gasteiger charge is -2.35. The molecule has 182 valence electrons. The number of quaternary nitrogens is 1. The van der Waals surface area contributed by atoms with Crippen molar-refractivity contribution in [2.24, 2.45) is 0 Å². The molecule has 1 atom stereocenters. The minimum atomic E-state index is -4.27. The molecular formula is C25H46BrNO3S. The first-order valence-electron chi connectivity index (χ1n) is 12.1. The van der Waals surface area contributed by atoms with Crippen LogP contribution in [-0.2, 0) is 10.1 Å². The molecule has 0 aliphatic rings. The van der Waals surface area contributed by atoms with Crippen molar-refractivity contribution in [3.05, 3.63) is 29.8 Å². The second-order valence-electron chi connectivity index (χ2n) is 8.93. The fourth-order valence-electron chi connectivity index (χ4n) is 3.68. The van der Waals surface area contributed by atoms with Gasteiger partial charge in [0.15, 0.2) is 0 Å². The first-order chi connectivity index (χ1) is 14.7. The predicted octanol–water partition coefficient (Wildman–Crippen LogP) is 7.06. The lowest BCUT2D eigenvalue weighted by atomic mass is 10.1. The highest BCUT2D eigenvalue weighted by atomic mass is 79.9. The maximum atomic E-state index is 10.4. The van der Waals surface area contributed by atoms with Crippen molar-refractivity contribution < 1.29 is 17.5 Å². The van der Waals surface area contributed by atoms with Crippen molar-refractivity contribution >= 4 is 26.0 Å². The number of unbranched alkanes of at least 4 members (excludes halogenated alkanes) is 8. The van der Waals surface area contributed by atoms with Crippen molar-refractivity contribution in [1.29, 1.82) is 0 Å². The van der Waals surface area contributed by atoms with E-state index in [0.717, 1.165) is 10.9 Å². The average molecular weight is 521 g/mol. The van der Waals surface area contributed by atoms with Gasteiger partial charge in [0.05, 0.1) is 31.6 Å². The number of halogens is 1. The maximum Gasteiger partial charge on any atom is 0.124 e. The molecule has 0 aromatic heterocycles. The number of benzene rings is 1. The minimum absolute atomic E-state index is 0.178. The van der Waals surface area contributed by atoms with Crippen LogP contribution in [0.5, 0.6) is 0 Å². The molecule has 0 amide bonds. The van der Waals surface area contributed by atoms with Gasteiger partial charge in [0.2, 0.25) is 0 Å². The molecule has 1 aromatic carbocycles. The monoisotopic (exact) mass is 519 g/mol. The molecule has 0 saturated carbocycles. The SMILES string of the molecule is CCCCCCCC[N+](C)(CCCBr)CCCCCC.Cc1ccc(S(=O)(=O)[O-])cc1. The average Bonchev–Trinajstić information content (AvgIpc) is 2.73. The molecule has 31 heavy (non-hydrogen) atoms. The van der Waals surface area contributed by atoms with Gasteiger partial charge in [-0.3, -0.25) is 0 Å². The van der Waals surface area contributed by atoms with Crippen molar-refractivity contribution in [1.82, 2.24) is 0 Å². The summed E-state index contributed by atoms with van der Waals surface area (Å²) in [6.45, 7) is 10.6. The third-order valence-corrected chi connectivity index (χ3v) is 7.15. The molecular weight excluding hydrogens is 474 g/mol. The van der Waals surface area contributed by atoms with Crippen LogP contribution in [0.25, 0.3) is 0 Å². The molecule has 0 saturated heterocycles. The van der Waals surface area contributed by atoms with Crippen LogP contribution in [0.4, 0.5) is 0 Å². The summed E-state index contributed by atoms with van der Waals surface area (Å²) in [5.74, 6) is 0. The van der Waals surface area contributed by atoms with Crippen molar-refractivity contribution in [2.75, 3.05) is 32.0 Å². The van der Waals surface area contributed by atoms with Gasteiger partial charge in [0, 0.05) is 11.8 Å². The highest BCUT2D eigenvalue weighted by Crippen LogP contribution is 2.14. The summed E-state index contributed by atoms with van der Waals surface area (Å²) >= 11 is 3.60. The van der Waals surface area contributed by atoms with Crippen LogP contribution in [0, 0.1) is 6.92 Å². The molecule has 4 nitrogen and oxygen atoms in total. The molecule has 0 N–H and O–H groups in total. The molecule has 0 radical (unpaired) electrons. The van der Waals surface area contributed by atoms with Crippen LogP contribution in [-0.4, -0.2) is 49.5 Å². The predicted molar refractivity (Wildman–Crippen MR) is 136 cm³/mol. The van der Waals surface area contributed by atoms with E-state index >= 15 is 0 Å². The second kappa shape index (κ2) is 18.0. The Hall–Kier alpha value is -0.430. The maximum absolute atomic E-state index is 10.4. The summed E-state index contributed by atoms with van der Waals surface area (Å²) in [6.07, 6.45) is 15.5. The van der Waals surface area contributed by atoms with Gasteiger partial charge in [-0.2, -0.15) is 0 Å². The van der Waals surface area contributed by atoms with E-state index < -0.39 is 10.1 Å². The Morgan fingerprint density at radius 2 is 1.19 bits per heavy atom. The van der Waals surface area contributed by atoms with Gasteiger partial charge >= 0.3 is 0 Å². The van der Waals surface area contributed by atoms with Gasteiger partial charge in [-0.25, -0.2) is 8.42 Å². The molecule has 6 heteroatoms. The van der Waals surface area contributed by atoms with E-state index in [1.54, 1.807) is 12.1 Å². The lowest BCUT2D eigenvalue weighted by Crippen LogP contribution is -2.46. The summed E-state index contributed by atoms with van der Waals surface area (Å²) in [6, 6.07) is 5.78. The van der Waals surface area contributed by atoms with E-state index in [4.69, 9.17) is 0 Å². The number of rotatable bonds is 16. The topological polar surface area (TPSA) is 57.2 Å². The van der Waals surface area contributed by atoms with Gasteiger partial charge in [-0.1, -0.05) is 86.0 Å². The number of hydrogen-bond acceptors (Lipinski definition) is 3. The van der Waals surface area contributed by atoms with E-state index in [-0.39, 0.29) is 4.90 Å². The molecule has 0 aliphatic heterocycles. The van der Waals surface area contributed by atoms with Gasteiger partial charge in [0.25, 0.3) is 0 Å². The van der Waals surface area contributed by atoms with Crippen LogP contribution < -0.4 is 0 Å². The highest BCUT2D eigenvalue weighted by Gasteiger charge is 2.19. The first kappa shape index (κ1) is 30.6. The van der Waals surface area contributed by atoms with Crippen LogP contribution >= 0.6 is 15.9 Å². The molecule has 0 bridgehead atoms. The summed E-state index contributed by atoms with van der Waals surface area (Å²) in [5, 5.41) is 1.16. The quantitative estimate of drug-likeness (QED) is 0.101. The Morgan fingerprint density at radius 3 is 1.65 bits per heavy atom. The van der Waals surface area contributed by atoms with Crippen molar-refractivity contribution in [2.45, 2.75) is 96.3 Å². The Balaban J connectivity index is 0.000000683. The van der Waals surface area contributed by atoms with Crippen LogP contribution in [0.15, 0.2) is 29.2 Å². The zero-order valence-corrected chi connectivity index (χ0v) is 22.8. The van der Waals surface area contributed by atoms with Crippen LogP contribution in [0.3, 0.4) is 0 Å². The van der Waals surface area contributed by atoms with E-state index in [1.165, 1.54) is 107 Å². The Morgan fingerprint density at radius 1 is 0.774 bits per heavy atom. The van der Waals surface area contributed by atoms with E-state index in [0.29, 0.717) is 0 Å². The molecule has 1 rings (SSSR count). The first-order valence-corrected chi connectivity index (χ1v) is 14.6. The van der Waals surface area contributed by atoms with Gasteiger partial charge < -0.3 is 9.04 Å². The van der Waals surface area contributed by atoms with E-state index in [9.17, 15) is 13.0 Å². The van der Waals surface area contributed by atoms with E-state index in [1.807, 2.05) is 6.92 Å². The van der Waals surface area contributed by atoms with Gasteiger partial charge in [-0.15, -0.1) is 0 Å². The Kier molecular flexibility index (Phi) is 17.8. The molecule has 1 aromatic rings. The van der Waals surface area contributed by atoms with E-state index in [2.05, 4.69) is 36.8 Å². The van der Waals surface area contributed by atoms with Gasteiger partial charge in [-0.05, 0) is 44.7 Å². The summed E-state index contributed by atoms with van der Waals surface area (Å²) in [4.78, 5) is -0.178. The number of hydrogen-bond donors (Lipinski definition) is 0. The lowest BCUT2D eigenvalue weighted by molar-refractivity contribution is -0.910. The smallest absolute Gasteiger partial charge is 0.124 e. The van der Waals surface area contributed by atoms with Crippen molar-refractivity contribution in [3.8, 4) is 0 Å². The highest BCUT2D eigenvalue weighted by molar-refractivity contribution is 9.09.